The van der Waals surface area contributed by atoms with Gasteiger partial charge in [0.05, 0.1) is 10.6 Å². The third-order valence-electron chi connectivity index (χ3n) is 5.40. The van der Waals surface area contributed by atoms with Crippen molar-refractivity contribution in [2.24, 2.45) is 0 Å². The predicted molar refractivity (Wildman–Crippen MR) is 134 cm³/mol. The van der Waals surface area contributed by atoms with Crippen molar-refractivity contribution in [3.8, 4) is 0 Å². The van der Waals surface area contributed by atoms with Gasteiger partial charge < -0.3 is 5.32 Å². The Bertz CT molecular complexity index is 1430. The number of nitrogens with one attached hydrogen (secondary N) is 1. The molecule has 0 heterocycles. The van der Waals surface area contributed by atoms with Crippen LogP contribution in [-0.2, 0) is 14.8 Å². The molecule has 0 aromatic heterocycles. The molecule has 1 N–H and O–H groups in total. The van der Waals surface area contributed by atoms with Crippen LogP contribution in [0.25, 0.3) is 10.8 Å². The minimum atomic E-state index is -4.03. The molecule has 0 bridgehead atoms. The molecule has 0 aliphatic carbocycles. The Morgan fingerprint density at radius 3 is 2.36 bits per heavy atom. The average Bonchev–Trinajstić information content (AvgIpc) is 2.80. The lowest BCUT2D eigenvalue weighted by Crippen LogP contribution is -2.38. The fourth-order valence-electron chi connectivity index (χ4n) is 3.64. The summed E-state index contributed by atoms with van der Waals surface area (Å²) >= 11 is 6.19. The second-order valence-corrected chi connectivity index (χ2v) is 10.1. The van der Waals surface area contributed by atoms with E-state index in [1.807, 2.05) is 43.3 Å². The number of sulfonamides is 1. The first-order valence-electron chi connectivity index (χ1n) is 10.4. The summed E-state index contributed by atoms with van der Waals surface area (Å²) in [5.41, 5.74) is 2.60. The fraction of sp³-hybridized carbons (Fsp3) is 0.115. The maximum Gasteiger partial charge on any atom is 0.264 e. The van der Waals surface area contributed by atoms with E-state index in [-0.39, 0.29) is 4.90 Å². The van der Waals surface area contributed by atoms with Gasteiger partial charge in [-0.3, -0.25) is 9.10 Å². The Morgan fingerprint density at radius 2 is 1.61 bits per heavy atom. The lowest BCUT2D eigenvalue weighted by molar-refractivity contribution is -0.114. The first kappa shape index (κ1) is 22.8. The molecule has 0 aliphatic heterocycles. The van der Waals surface area contributed by atoms with Crippen LogP contribution < -0.4 is 9.62 Å². The first-order valence-corrected chi connectivity index (χ1v) is 12.2. The number of carbonyl (C=O) groups excluding carboxylic acids is 1. The summed E-state index contributed by atoms with van der Waals surface area (Å²) in [6, 6.07) is 24.8. The number of nitrogens with zero attached hydrogens (tertiary/aromatic N) is 1. The van der Waals surface area contributed by atoms with Gasteiger partial charge in [-0.15, -0.1) is 0 Å². The molecule has 4 rings (SSSR count). The van der Waals surface area contributed by atoms with E-state index in [1.54, 1.807) is 55.5 Å². The zero-order valence-corrected chi connectivity index (χ0v) is 19.8. The number of fused-ring (bicyclic) bond motifs is 1. The number of amides is 1. The van der Waals surface area contributed by atoms with E-state index < -0.39 is 22.5 Å². The van der Waals surface area contributed by atoms with Gasteiger partial charge in [-0.2, -0.15) is 0 Å². The predicted octanol–water partition coefficient (Wildman–Crippen LogP) is 5.94. The van der Waals surface area contributed by atoms with Gasteiger partial charge in [-0.25, -0.2) is 8.42 Å². The molecule has 0 saturated heterocycles. The van der Waals surface area contributed by atoms with Crippen LogP contribution in [0.1, 0.15) is 11.1 Å². The first-order chi connectivity index (χ1) is 15.8. The Kier molecular flexibility index (Phi) is 6.40. The largest absolute Gasteiger partial charge is 0.324 e. The summed E-state index contributed by atoms with van der Waals surface area (Å²) in [5.74, 6) is -0.457. The highest BCUT2D eigenvalue weighted by molar-refractivity contribution is 7.92. The van der Waals surface area contributed by atoms with Crippen LogP contribution in [0.3, 0.4) is 0 Å². The number of carbonyl (C=O) groups is 1. The smallest absolute Gasteiger partial charge is 0.264 e. The molecule has 1 amide bonds. The molecule has 5 nitrogen and oxygen atoms in total. The zero-order valence-electron chi connectivity index (χ0n) is 18.2. The maximum atomic E-state index is 13.6. The molecule has 168 valence electrons. The van der Waals surface area contributed by atoms with Gasteiger partial charge in [0.1, 0.15) is 6.54 Å². The van der Waals surface area contributed by atoms with Gasteiger partial charge >= 0.3 is 0 Å². The van der Waals surface area contributed by atoms with Crippen molar-refractivity contribution in [1.82, 2.24) is 0 Å². The van der Waals surface area contributed by atoms with Crippen molar-refractivity contribution in [2.75, 3.05) is 16.2 Å². The van der Waals surface area contributed by atoms with E-state index in [0.29, 0.717) is 22.0 Å². The second kappa shape index (κ2) is 9.25. The molecule has 0 unspecified atom stereocenters. The molecule has 0 spiro atoms. The number of halogens is 1. The quantitative estimate of drug-likeness (QED) is 0.372. The highest BCUT2D eigenvalue weighted by Crippen LogP contribution is 2.30. The monoisotopic (exact) mass is 478 g/mol. The summed E-state index contributed by atoms with van der Waals surface area (Å²) in [6.45, 7) is 3.26. The number of aryl methyl sites for hydroxylation is 2. The topological polar surface area (TPSA) is 66.5 Å². The molecule has 0 saturated carbocycles. The van der Waals surface area contributed by atoms with E-state index in [1.165, 1.54) is 0 Å². The Balaban J connectivity index is 1.72. The van der Waals surface area contributed by atoms with Gasteiger partial charge in [0.2, 0.25) is 5.91 Å². The van der Waals surface area contributed by atoms with Crippen molar-refractivity contribution < 1.29 is 13.2 Å². The second-order valence-electron chi connectivity index (χ2n) is 7.83. The highest BCUT2D eigenvalue weighted by atomic mass is 35.5. The van der Waals surface area contributed by atoms with Gasteiger partial charge in [0, 0.05) is 16.1 Å². The summed E-state index contributed by atoms with van der Waals surface area (Å²) in [4.78, 5) is 13.2. The van der Waals surface area contributed by atoms with Crippen molar-refractivity contribution in [1.29, 1.82) is 0 Å². The number of benzene rings is 4. The normalized spacial score (nSPS) is 11.4. The van der Waals surface area contributed by atoms with Crippen LogP contribution in [0.2, 0.25) is 5.02 Å². The minimum absolute atomic E-state index is 0.102. The van der Waals surface area contributed by atoms with E-state index in [9.17, 15) is 13.2 Å². The molecule has 0 radical (unpaired) electrons. The third kappa shape index (κ3) is 4.87. The van der Waals surface area contributed by atoms with Crippen molar-refractivity contribution in [3.63, 3.8) is 0 Å². The van der Waals surface area contributed by atoms with Crippen LogP contribution in [-0.4, -0.2) is 20.9 Å². The Hall–Kier alpha value is -3.35. The molecular formula is C26H23ClN2O3S. The van der Waals surface area contributed by atoms with Gasteiger partial charge in [0.25, 0.3) is 10.0 Å². The minimum Gasteiger partial charge on any atom is -0.324 e. The van der Waals surface area contributed by atoms with E-state index in [2.05, 4.69) is 5.32 Å². The van der Waals surface area contributed by atoms with Gasteiger partial charge in [0.15, 0.2) is 0 Å². The Labute approximate surface area is 198 Å². The molecule has 0 atom stereocenters. The lowest BCUT2D eigenvalue weighted by Gasteiger charge is -2.26. The fourth-order valence-corrected chi connectivity index (χ4v) is 5.29. The van der Waals surface area contributed by atoms with E-state index >= 15 is 0 Å². The van der Waals surface area contributed by atoms with Crippen molar-refractivity contribution >= 4 is 49.7 Å². The zero-order chi connectivity index (χ0) is 23.6. The average molecular weight is 479 g/mol. The van der Waals surface area contributed by atoms with E-state index in [4.69, 9.17) is 11.6 Å². The number of rotatable bonds is 6. The van der Waals surface area contributed by atoms with Crippen molar-refractivity contribution in [2.45, 2.75) is 18.7 Å². The molecule has 4 aromatic carbocycles. The lowest BCUT2D eigenvalue weighted by atomic mass is 10.1. The van der Waals surface area contributed by atoms with Crippen LogP contribution in [0.15, 0.2) is 89.8 Å². The number of anilines is 2. The molecular weight excluding hydrogens is 456 g/mol. The summed E-state index contributed by atoms with van der Waals surface area (Å²) in [6.07, 6.45) is 0. The Morgan fingerprint density at radius 1 is 0.909 bits per heavy atom. The van der Waals surface area contributed by atoms with Crippen LogP contribution >= 0.6 is 11.6 Å². The molecule has 0 fully saturated rings. The summed E-state index contributed by atoms with van der Waals surface area (Å²) in [5, 5.41) is 5.11. The highest BCUT2D eigenvalue weighted by Gasteiger charge is 2.28. The van der Waals surface area contributed by atoms with Crippen molar-refractivity contribution in [3.05, 3.63) is 101 Å². The molecule has 7 heteroatoms. The number of hydrogen-bond acceptors (Lipinski definition) is 3. The molecule has 4 aromatic rings. The van der Waals surface area contributed by atoms with Gasteiger partial charge in [-0.1, -0.05) is 71.8 Å². The van der Waals surface area contributed by atoms with Crippen LogP contribution in [0.5, 0.6) is 0 Å². The van der Waals surface area contributed by atoms with Crippen LogP contribution in [0.4, 0.5) is 11.4 Å². The summed E-state index contributed by atoms with van der Waals surface area (Å²) in [7, 11) is -4.03. The van der Waals surface area contributed by atoms with Gasteiger partial charge in [-0.05, 0) is 55.1 Å². The SMILES string of the molecule is Cc1ccc(S(=O)(=O)N(CC(=O)Nc2cccc3ccccc23)c2cc(Cl)ccc2C)cc1. The molecule has 0 aliphatic rings. The standard InChI is InChI=1S/C26H23ClN2O3S/c1-18-10-14-22(15-11-18)33(31,32)29(25-16-21(27)13-12-19(25)2)17-26(30)28-24-9-5-7-20-6-3-4-8-23(20)24/h3-16H,17H2,1-2H3,(H,28,30). The maximum absolute atomic E-state index is 13.6. The third-order valence-corrected chi connectivity index (χ3v) is 7.41. The molecule has 33 heavy (non-hydrogen) atoms. The van der Waals surface area contributed by atoms with E-state index in [0.717, 1.165) is 20.6 Å². The van der Waals surface area contributed by atoms with Crippen LogP contribution in [0, 0.1) is 13.8 Å². The number of hydrogen-bond donors (Lipinski definition) is 1. The summed E-state index contributed by atoms with van der Waals surface area (Å²) < 4.78 is 28.3.